The van der Waals surface area contributed by atoms with Crippen LogP contribution in [0.5, 0.6) is 0 Å². The zero-order valence-corrected chi connectivity index (χ0v) is 25.4. The van der Waals surface area contributed by atoms with E-state index in [9.17, 15) is 14.7 Å². The first kappa shape index (κ1) is 26.1. The Morgan fingerprint density at radius 1 is 1.00 bits per heavy atom. The van der Waals surface area contributed by atoms with Gasteiger partial charge in [0.05, 0.1) is 21.3 Å². The van der Waals surface area contributed by atoms with Gasteiger partial charge in [0.25, 0.3) is 5.91 Å². The van der Waals surface area contributed by atoms with Crippen molar-refractivity contribution in [2.75, 3.05) is 5.32 Å². The fraction of sp³-hybridized carbons (Fsp3) is 0.0455. The van der Waals surface area contributed by atoms with Crippen LogP contribution >= 0.6 is 98.4 Å². The summed E-state index contributed by atoms with van der Waals surface area (Å²) in [4.78, 5) is 29.7. The van der Waals surface area contributed by atoms with E-state index in [4.69, 9.17) is 11.6 Å². The smallest absolute Gasteiger partial charge is 0.337 e. The summed E-state index contributed by atoms with van der Waals surface area (Å²) in [6, 6.07) is 13.1. The number of thioether (sulfide) groups is 1. The topological polar surface area (TPSA) is 79.3 Å². The Labute approximate surface area is 241 Å². The number of fused-ring (bicyclic) bond motifs is 1. The molecule has 0 aliphatic rings. The quantitative estimate of drug-likeness (QED) is 0.116. The summed E-state index contributed by atoms with van der Waals surface area (Å²) in [5, 5.41) is 13.2. The van der Waals surface area contributed by atoms with Crippen LogP contribution in [0.2, 0.25) is 5.02 Å². The van der Waals surface area contributed by atoms with Gasteiger partial charge < -0.3 is 10.4 Å². The molecule has 0 atom stereocenters. The molecular formula is C22H11Br4ClN2O3S2. The first-order valence-electron chi connectivity index (χ1n) is 9.34. The molecule has 0 aliphatic carbocycles. The molecule has 0 aliphatic heterocycles. The molecule has 1 amide bonds. The Morgan fingerprint density at radius 3 is 2.35 bits per heavy atom. The lowest BCUT2D eigenvalue weighted by Gasteiger charge is -2.14. The van der Waals surface area contributed by atoms with Crippen molar-refractivity contribution in [2.24, 2.45) is 0 Å². The van der Waals surface area contributed by atoms with Gasteiger partial charge in [-0.1, -0.05) is 41.6 Å². The molecule has 34 heavy (non-hydrogen) atoms. The second-order valence-electron chi connectivity index (χ2n) is 6.81. The number of rotatable bonds is 6. The molecule has 0 radical (unpaired) electrons. The third-order valence-electron chi connectivity index (χ3n) is 4.64. The molecule has 4 rings (SSSR count). The highest BCUT2D eigenvalue weighted by molar-refractivity contribution is 9.15. The number of carbonyl (C=O) groups excluding carboxylic acids is 1. The maximum atomic E-state index is 13.1. The number of halogens is 5. The van der Waals surface area contributed by atoms with E-state index < -0.39 is 11.9 Å². The van der Waals surface area contributed by atoms with Gasteiger partial charge in [-0.2, -0.15) is 0 Å². The number of benzene rings is 3. The monoisotopic (exact) mass is 766 g/mol. The van der Waals surface area contributed by atoms with Crippen molar-refractivity contribution in [1.82, 2.24) is 4.98 Å². The number of nitrogens with zero attached hydrogens (tertiary/aromatic N) is 1. The number of anilines is 1. The van der Waals surface area contributed by atoms with Crippen molar-refractivity contribution in [3.63, 3.8) is 0 Å². The van der Waals surface area contributed by atoms with Crippen molar-refractivity contribution >= 4 is 126 Å². The van der Waals surface area contributed by atoms with Crippen molar-refractivity contribution in [2.45, 2.75) is 10.1 Å². The number of nitrogens with one attached hydrogen (secondary N) is 1. The number of hydrogen-bond acceptors (Lipinski definition) is 5. The summed E-state index contributed by atoms with van der Waals surface area (Å²) in [5.74, 6) is -1.10. The molecule has 174 valence electrons. The van der Waals surface area contributed by atoms with E-state index in [2.05, 4.69) is 74.0 Å². The molecular weight excluding hydrogens is 759 g/mol. The summed E-state index contributed by atoms with van der Waals surface area (Å²) < 4.78 is 3.38. The van der Waals surface area contributed by atoms with E-state index in [0.717, 1.165) is 25.1 Å². The molecule has 0 saturated heterocycles. The molecule has 1 aromatic heterocycles. The summed E-state index contributed by atoms with van der Waals surface area (Å²) in [6.45, 7) is 0. The highest BCUT2D eigenvalue weighted by Crippen LogP contribution is 2.42. The predicted octanol–water partition coefficient (Wildman–Crippen LogP) is 9.24. The van der Waals surface area contributed by atoms with E-state index in [0.29, 0.717) is 24.9 Å². The van der Waals surface area contributed by atoms with Crippen LogP contribution in [0.1, 0.15) is 26.3 Å². The standard InChI is InChI=1S/C22H11Br4ClN2O3S2/c23-16-14(15(21(31)32)17(24)19(26)18(16)25)20(30)28-10-5-6-12-13(7-10)34-22(29-12)33-8-9-3-1-2-4-11(9)27/h1-7H,8H2,(H,28,30)(H,31,32). The average molecular weight is 771 g/mol. The number of aromatic nitrogens is 1. The number of aromatic carboxylic acids is 1. The maximum absolute atomic E-state index is 13.1. The Balaban J connectivity index is 1.59. The van der Waals surface area contributed by atoms with E-state index in [-0.39, 0.29) is 15.6 Å². The average Bonchev–Trinajstić information content (AvgIpc) is 3.21. The first-order chi connectivity index (χ1) is 16.2. The third kappa shape index (κ3) is 5.40. The largest absolute Gasteiger partial charge is 0.478 e. The van der Waals surface area contributed by atoms with Gasteiger partial charge in [0.1, 0.15) is 0 Å². The molecule has 0 fully saturated rings. The molecule has 4 aromatic rings. The number of amides is 1. The van der Waals surface area contributed by atoms with Crippen LogP contribution in [-0.4, -0.2) is 22.0 Å². The molecule has 5 nitrogen and oxygen atoms in total. The molecule has 3 aromatic carbocycles. The SMILES string of the molecule is O=C(O)c1c(Br)c(Br)c(Br)c(Br)c1C(=O)Nc1ccc2nc(SCc3ccccc3Cl)sc2c1. The summed E-state index contributed by atoms with van der Waals surface area (Å²) in [7, 11) is 0. The van der Waals surface area contributed by atoms with Gasteiger partial charge in [-0.3, -0.25) is 4.79 Å². The van der Waals surface area contributed by atoms with Crippen LogP contribution in [0.4, 0.5) is 5.69 Å². The van der Waals surface area contributed by atoms with E-state index >= 15 is 0 Å². The lowest BCUT2D eigenvalue weighted by Crippen LogP contribution is -2.18. The van der Waals surface area contributed by atoms with E-state index in [1.165, 1.54) is 11.3 Å². The Hall–Kier alpha value is -0.950. The van der Waals surface area contributed by atoms with Gasteiger partial charge in [0.2, 0.25) is 0 Å². The summed E-state index contributed by atoms with van der Waals surface area (Å²) in [6.07, 6.45) is 0. The Bertz CT molecular complexity index is 1460. The van der Waals surface area contributed by atoms with Gasteiger partial charge in [-0.15, -0.1) is 11.3 Å². The van der Waals surface area contributed by atoms with Crippen LogP contribution in [-0.2, 0) is 5.75 Å². The molecule has 2 N–H and O–H groups in total. The molecule has 0 unspecified atom stereocenters. The first-order valence-corrected chi connectivity index (χ1v) is 14.7. The highest BCUT2D eigenvalue weighted by atomic mass is 79.9. The van der Waals surface area contributed by atoms with Gasteiger partial charge in [0.15, 0.2) is 4.34 Å². The third-order valence-corrected chi connectivity index (χ3v) is 12.0. The minimum atomic E-state index is -1.23. The molecule has 0 saturated carbocycles. The van der Waals surface area contributed by atoms with Crippen molar-refractivity contribution < 1.29 is 14.7 Å². The normalized spacial score (nSPS) is 11.1. The van der Waals surface area contributed by atoms with Crippen molar-refractivity contribution in [1.29, 1.82) is 0 Å². The minimum Gasteiger partial charge on any atom is -0.478 e. The van der Waals surface area contributed by atoms with Gasteiger partial charge >= 0.3 is 5.97 Å². The van der Waals surface area contributed by atoms with E-state index in [1.807, 2.05) is 36.4 Å². The lowest BCUT2D eigenvalue weighted by atomic mass is 10.1. The number of hydrogen-bond donors (Lipinski definition) is 2. The maximum Gasteiger partial charge on any atom is 0.337 e. The van der Waals surface area contributed by atoms with Crippen molar-refractivity contribution in [3.8, 4) is 0 Å². The van der Waals surface area contributed by atoms with Gasteiger partial charge in [-0.25, -0.2) is 9.78 Å². The minimum absolute atomic E-state index is 0.00478. The van der Waals surface area contributed by atoms with Crippen LogP contribution in [0.25, 0.3) is 10.2 Å². The van der Waals surface area contributed by atoms with Gasteiger partial charge in [0, 0.05) is 34.4 Å². The lowest BCUT2D eigenvalue weighted by molar-refractivity contribution is 0.0691. The summed E-state index contributed by atoms with van der Waals surface area (Å²) >= 11 is 22.6. The number of carboxylic acid groups (broad SMARTS) is 1. The fourth-order valence-corrected chi connectivity index (χ4v) is 7.90. The second-order valence-corrected chi connectivity index (χ2v) is 12.6. The van der Waals surface area contributed by atoms with Crippen LogP contribution < -0.4 is 5.32 Å². The van der Waals surface area contributed by atoms with Crippen LogP contribution in [0.15, 0.2) is 64.7 Å². The number of carbonyl (C=O) groups is 2. The molecule has 0 bridgehead atoms. The highest BCUT2D eigenvalue weighted by Gasteiger charge is 2.28. The summed E-state index contributed by atoms with van der Waals surface area (Å²) in [5.41, 5.74) is 2.22. The van der Waals surface area contributed by atoms with Crippen LogP contribution in [0.3, 0.4) is 0 Å². The number of carboxylic acids is 1. The second kappa shape index (κ2) is 11.0. The molecule has 12 heteroatoms. The van der Waals surface area contributed by atoms with Crippen LogP contribution in [0, 0.1) is 0 Å². The van der Waals surface area contributed by atoms with E-state index in [1.54, 1.807) is 17.8 Å². The van der Waals surface area contributed by atoms with Gasteiger partial charge in [-0.05, 0) is 93.5 Å². The zero-order chi connectivity index (χ0) is 24.6. The molecule has 0 spiro atoms. The molecule has 1 heterocycles. The zero-order valence-electron chi connectivity index (χ0n) is 16.7. The fourth-order valence-electron chi connectivity index (χ4n) is 3.04. The number of thiazole rings is 1. The Morgan fingerprint density at radius 2 is 1.68 bits per heavy atom. The van der Waals surface area contributed by atoms with Crippen molar-refractivity contribution in [3.05, 3.63) is 82.1 Å². The predicted molar refractivity (Wildman–Crippen MR) is 153 cm³/mol. The Kier molecular flexibility index (Phi) is 8.44.